The molecule has 0 bridgehead atoms. The van der Waals surface area contributed by atoms with Crippen molar-refractivity contribution >= 4 is 10.1 Å². The van der Waals surface area contributed by atoms with Crippen LogP contribution >= 0.6 is 0 Å². The summed E-state index contributed by atoms with van der Waals surface area (Å²) in [6.45, 7) is 1.53. The second kappa shape index (κ2) is 8.01. The molecule has 0 fully saturated rings. The molecule has 0 aliphatic carbocycles. The van der Waals surface area contributed by atoms with Crippen LogP contribution in [0.3, 0.4) is 0 Å². The molecule has 0 radical (unpaired) electrons. The van der Waals surface area contributed by atoms with E-state index in [1.165, 1.54) is 12.1 Å². The molecule has 1 heterocycles. The minimum atomic E-state index is -4.51. The number of halogens is 3. The van der Waals surface area contributed by atoms with Crippen LogP contribution < -0.4 is 4.74 Å². The fourth-order valence-electron chi connectivity index (χ4n) is 3.46. The van der Waals surface area contributed by atoms with E-state index in [0.717, 1.165) is 17.7 Å². The molecular weight excluding hydrogens is 429 g/mol. The maximum Gasteiger partial charge on any atom is 0.416 e. The van der Waals surface area contributed by atoms with E-state index < -0.39 is 28.0 Å². The Morgan fingerprint density at radius 2 is 1.71 bits per heavy atom. The van der Waals surface area contributed by atoms with E-state index in [0.29, 0.717) is 22.4 Å². The Labute approximate surface area is 178 Å². The number of hydrogen-bond donors (Lipinski definition) is 0. The molecule has 1 aliphatic rings. The van der Waals surface area contributed by atoms with Crippen LogP contribution in [0.15, 0.2) is 71.6 Å². The van der Waals surface area contributed by atoms with Crippen LogP contribution in [0.1, 0.15) is 16.7 Å². The van der Waals surface area contributed by atoms with Gasteiger partial charge < -0.3 is 4.74 Å². The molecule has 1 aliphatic heterocycles. The predicted molar refractivity (Wildman–Crippen MR) is 109 cm³/mol. The highest BCUT2D eigenvalue weighted by Crippen LogP contribution is 2.43. The first-order valence-corrected chi connectivity index (χ1v) is 11.0. The minimum Gasteiger partial charge on any atom is -0.487 e. The van der Waals surface area contributed by atoms with Crippen molar-refractivity contribution in [3.8, 4) is 16.9 Å². The summed E-state index contributed by atoms with van der Waals surface area (Å²) in [5, 5.41) is 0. The molecule has 4 nitrogen and oxygen atoms in total. The van der Waals surface area contributed by atoms with Gasteiger partial charge in [-0.25, -0.2) is 0 Å². The van der Waals surface area contributed by atoms with Gasteiger partial charge in [0.15, 0.2) is 0 Å². The highest BCUT2D eigenvalue weighted by Gasteiger charge is 2.36. The summed E-state index contributed by atoms with van der Waals surface area (Å²) in [5.74, 6) is 0.320. The van der Waals surface area contributed by atoms with E-state index in [1.54, 1.807) is 42.5 Å². The predicted octanol–water partition coefficient (Wildman–Crippen LogP) is 5.39. The molecule has 0 N–H and O–H groups in total. The van der Waals surface area contributed by atoms with Crippen LogP contribution in [0.2, 0.25) is 0 Å². The molecule has 4 rings (SSSR count). The van der Waals surface area contributed by atoms with Gasteiger partial charge in [-0.15, -0.1) is 0 Å². The number of aryl methyl sites for hydroxylation is 1. The van der Waals surface area contributed by atoms with Gasteiger partial charge in [0.1, 0.15) is 18.5 Å². The Morgan fingerprint density at radius 3 is 2.35 bits per heavy atom. The summed E-state index contributed by atoms with van der Waals surface area (Å²) in [7, 11) is -4.01. The van der Waals surface area contributed by atoms with Crippen molar-refractivity contribution in [3.63, 3.8) is 0 Å². The molecule has 1 atom stereocenters. The number of alkyl halides is 3. The normalized spacial score (nSPS) is 16.1. The molecule has 0 aromatic heterocycles. The first-order valence-electron chi connectivity index (χ1n) is 9.56. The maximum atomic E-state index is 13.4. The number of rotatable bonds is 5. The highest BCUT2D eigenvalue weighted by atomic mass is 32.2. The lowest BCUT2D eigenvalue weighted by Crippen LogP contribution is -2.23. The van der Waals surface area contributed by atoms with Crippen LogP contribution in [0.25, 0.3) is 11.1 Å². The number of benzene rings is 3. The van der Waals surface area contributed by atoms with Crippen molar-refractivity contribution in [3.05, 3.63) is 83.4 Å². The van der Waals surface area contributed by atoms with E-state index in [4.69, 9.17) is 8.92 Å². The quantitative estimate of drug-likeness (QED) is 0.491. The average molecular weight is 448 g/mol. The van der Waals surface area contributed by atoms with Gasteiger partial charge in [0, 0.05) is 12.0 Å². The summed E-state index contributed by atoms with van der Waals surface area (Å²) < 4.78 is 76.1. The highest BCUT2D eigenvalue weighted by molar-refractivity contribution is 7.86. The summed E-state index contributed by atoms with van der Waals surface area (Å²) >= 11 is 0. The molecule has 3 aromatic rings. The molecule has 162 valence electrons. The fourth-order valence-corrected chi connectivity index (χ4v) is 4.40. The maximum absolute atomic E-state index is 13.4. The van der Waals surface area contributed by atoms with Gasteiger partial charge in [0.2, 0.25) is 0 Å². The first-order chi connectivity index (χ1) is 14.6. The zero-order valence-corrected chi connectivity index (χ0v) is 17.3. The van der Waals surface area contributed by atoms with Gasteiger partial charge in [0.05, 0.1) is 10.5 Å². The van der Waals surface area contributed by atoms with E-state index in [-0.39, 0.29) is 17.9 Å². The molecule has 0 saturated heterocycles. The second-order valence-corrected chi connectivity index (χ2v) is 8.99. The van der Waals surface area contributed by atoms with Crippen molar-refractivity contribution in [2.75, 3.05) is 6.61 Å². The number of fused-ring (bicyclic) bond motifs is 1. The molecule has 31 heavy (non-hydrogen) atoms. The van der Waals surface area contributed by atoms with Gasteiger partial charge >= 0.3 is 6.18 Å². The summed E-state index contributed by atoms with van der Waals surface area (Å²) in [6, 6.07) is 16.9. The molecule has 0 amide bonds. The van der Waals surface area contributed by atoms with Gasteiger partial charge in [-0.3, -0.25) is 4.18 Å². The zero-order valence-electron chi connectivity index (χ0n) is 16.5. The molecule has 0 spiro atoms. The van der Waals surface area contributed by atoms with Gasteiger partial charge in [-0.2, -0.15) is 21.6 Å². The second-order valence-electron chi connectivity index (χ2n) is 7.37. The smallest absolute Gasteiger partial charge is 0.416 e. The van der Waals surface area contributed by atoms with Crippen molar-refractivity contribution in [2.45, 2.75) is 30.5 Å². The Kier molecular flexibility index (Phi) is 5.53. The molecular formula is C23H19F3O4S. The lowest BCUT2D eigenvalue weighted by molar-refractivity contribution is -0.137. The third kappa shape index (κ3) is 4.60. The van der Waals surface area contributed by atoms with Crippen LogP contribution in [-0.2, 0) is 26.9 Å². The van der Waals surface area contributed by atoms with E-state index in [9.17, 15) is 21.6 Å². The molecule has 1 unspecified atom stereocenters. The SMILES string of the molecule is Cc1ccc(S(=O)(=O)OCC2Cc3cc(C(F)(F)F)cc(-c4ccccc4)c3O2)cc1. The third-order valence-electron chi connectivity index (χ3n) is 5.03. The van der Waals surface area contributed by atoms with Gasteiger partial charge in [-0.05, 0) is 42.3 Å². The molecule has 0 saturated carbocycles. The fraction of sp³-hybridized carbons (Fsp3) is 0.217. The largest absolute Gasteiger partial charge is 0.487 e. The van der Waals surface area contributed by atoms with Crippen LogP contribution in [0.5, 0.6) is 5.75 Å². The lowest BCUT2D eigenvalue weighted by atomic mass is 9.97. The van der Waals surface area contributed by atoms with Gasteiger partial charge in [-0.1, -0.05) is 48.0 Å². The van der Waals surface area contributed by atoms with E-state index >= 15 is 0 Å². The minimum absolute atomic E-state index is 0.0120. The Bertz CT molecular complexity index is 1190. The number of hydrogen-bond acceptors (Lipinski definition) is 4. The molecule has 3 aromatic carbocycles. The monoisotopic (exact) mass is 448 g/mol. The van der Waals surface area contributed by atoms with Crippen LogP contribution in [0.4, 0.5) is 13.2 Å². The van der Waals surface area contributed by atoms with Crippen molar-refractivity contribution in [1.82, 2.24) is 0 Å². The van der Waals surface area contributed by atoms with Crippen molar-refractivity contribution in [1.29, 1.82) is 0 Å². The number of ether oxygens (including phenoxy) is 1. The van der Waals surface area contributed by atoms with E-state index in [1.807, 2.05) is 6.92 Å². The summed E-state index contributed by atoms with van der Waals surface area (Å²) in [5.41, 5.74) is 1.40. The molecule has 8 heteroatoms. The Morgan fingerprint density at radius 1 is 1.03 bits per heavy atom. The average Bonchev–Trinajstić information content (AvgIpc) is 3.15. The van der Waals surface area contributed by atoms with Crippen molar-refractivity contribution in [2.24, 2.45) is 0 Å². The third-order valence-corrected chi connectivity index (χ3v) is 6.32. The standard InChI is InChI=1S/C23H19F3O4S/c1-15-7-9-20(10-8-15)31(27,28)29-14-19-12-17-11-18(23(24,25)26)13-21(22(17)30-19)16-5-3-2-4-6-16/h2-11,13,19H,12,14H2,1H3. The topological polar surface area (TPSA) is 52.6 Å². The summed E-state index contributed by atoms with van der Waals surface area (Å²) in [4.78, 5) is 0.0120. The first kappa shape index (κ1) is 21.4. The zero-order chi connectivity index (χ0) is 22.2. The lowest BCUT2D eigenvalue weighted by Gasteiger charge is -2.15. The Balaban J connectivity index is 1.59. The van der Waals surface area contributed by atoms with Crippen molar-refractivity contribution < 1.29 is 30.5 Å². The van der Waals surface area contributed by atoms with E-state index in [2.05, 4.69) is 0 Å². The summed E-state index contributed by atoms with van der Waals surface area (Å²) in [6.07, 6.45) is -5.12. The van der Waals surface area contributed by atoms with Crippen LogP contribution in [-0.4, -0.2) is 21.1 Å². The van der Waals surface area contributed by atoms with Crippen LogP contribution in [0, 0.1) is 6.92 Å². The Hall–Kier alpha value is -2.84. The van der Waals surface area contributed by atoms with Gasteiger partial charge in [0.25, 0.3) is 10.1 Å².